The van der Waals surface area contributed by atoms with Gasteiger partial charge in [-0.1, -0.05) is 29.8 Å². The van der Waals surface area contributed by atoms with Crippen LogP contribution in [0.15, 0.2) is 41.3 Å². The number of nitro groups is 1. The van der Waals surface area contributed by atoms with E-state index in [1.165, 1.54) is 28.6 Å². The molecule has 1 aliphatic rings. The van der Waals surface area contributed by atoms with Gasteiger partial charge in [0, 0.05) is 11.8 Å². The Morgan fingerprint density at radius 1 is 1.13 bits per heavy atom. The largest absolute Gasteiger partial charge is 0.325 e. The fourth-order valence-corrected chi connectivity index (χ4v) is 5.57. The number of rotatable bonds is 6. The molecule has 0 aromatic heterocycles. The molecule has 2 N–H and O–H groups in total. The summed E-state index contributed by atoms with van der Waals surface area (Å²) in [5.41, 5.74) is 3.52. The van der Waals surface area contributed by atoms with E-state index in [9.17, 15) is 23.3 Å². The van der Waals surface area contributed by atoms with Crippen LogP contribution in [-0.2, 0) is 14.8 Å². The summed E-state index contributed by atoms with van der Waals surface area (Å²) in [5.74, 6) is -0.125. The molecular weight excluding hydrogens is 420 g/mol. The van der Waals surface area contributed by atoms with Crippen LogP contribution in [-0.4, -0.2) is 56.3 Å². The third-order valence-corrected chi connectivity index (χ3v) is 7.41. The minimum Gasteiger partial charge on any atom is -0.325 e. The molecule has 1 fully saturated rings. The Labute approximate surface area is 181 Å². The first-order chi connectivity index (χ1) is 14.6. The Kier molecular flexibility index (Phi) is 6.73. The van der Waals surface area contributed by atoms with E-state index in [2.05, 4.69) is 5.32 Å². The molecule has 1 aliphatic heterocycles. The molecule has 0 atom stereocenters. The zero-order valence-corrected chi connectivity index (χ0v) is 18.7. The summed E-state index contributed by atoms with van der Waals surface area (Å²) < 4.78 is 27.1. The van der Waals surface area contributed by atoms with Crippen molar-refractivity contribution >= 4 is 27.3 Å². The van der Waals surface area contributed by atoms with Crippen molar-refractivity contribution in [3.8, 4) is 0 Å². The third kappa shape index (κ3) is 5.09. The van der Waals surface area contributed by atoms with Crippen molar-refractivity contribution in [2.75, 3.05) is 38.0 Å². The van der Waals surface area contributed by atoms with E-state index in [1.807, 2.05) is 32.9 Å². The van der Waals surface area contributed by atoms with Gasteiger partial charge in [-0.15, -0.1) is 0 Å². The monoisotopic (exact) mass is 447 g/mol. The number of carbonyl (C=O) groups is 1. The molecule has 9 nitrogen and oxygen atoms in total. The molecule has 166 valence electrons. The second kappa shape index (κ2) is 9.13. The van der Waals surface area contributed by atoms with Crippen molar-refractivity contribution < 1.29 is 23.0 Å². The van der Waals surface area contributed by atoms with Gasteiger partial charge in [-0.3, -0.25) is 14.9 Å². The van der Waals surface area contributed by atoms with Gasteiger partial charge in [-0.05, 0) is 38.0 Å². The molecule has 2 aromatic rings. The van der Waals surface area contributed by atoms with E-state index in [1.54, 1.807) is 0 Å². The minimum absolute atomic E-state index is 0.125. The average molecular weight is 448 g/mol. The van der Waals surface area contributed by atoms with Crippen LogP contribution in [0, 0.1) is 30.9 Å². The summed E-state index contributed by atoms with van der Waals surface area (Å²) in [6.07, 6.45) is 0. The van der Waals surface area contributed by atoms with Gasteiger partial charge in [-0.2, -0.15) is 4.31 Å². The molecule has 1 amide bonds. The molecule has 0 unspecified atom stereocenters. The number of para-hydroxylation sites is 1. The number of benzene rings is 2. The van der Waals surface area contributed by atoms with Crippen molar-refractivity contribution in [2.24, 2.45) is 0 Å². The van der Waals surface area contributed by atoms with Crippen LogP contribution >= 0.6 is 0 Å². The zero-order valence-electron chi connectivity index (χ0n) is 17.8. The Bertz CT molecular complexity index is 1090. The number of carbonyl (C=O) groups excluding carboxylic acids is 1. The number of nitro benzene ring substituents is 1. The molecule has 0 saturated carbocycles. The van der Waals surface area contributed by atoms with E-state index in [4.69, 9.17) is 0 Å². The lowest BCUT2D eigenvalue weighted by molar-refractivity contribution is -0.895. The van der Waals surface area contributed by atoms with Crippen LogP contribution in [0.5, 0.6) is 0 Å². The van der Waals surface area contributed by atoms with Gasteiger partial charge in [0.2, 0.25) is 10.0 Å². The highest BCUT2D eigenvalue weighted by Gasteiger charge is 2.35. The lowest BCUT2D eigenvalue weighted by atomic mass is 10.1. The number of quaternary nitrogens is 1. The number of aryl methyl sites for hydroxylation is 3. The number of nitrogens with zero attached hydrogens (tertiary/aromatic N) is 2. The van der Waals surface area contributed by atoms with E-state index in [0.717, 1.165) is 27.3 Å². The van der Waals surface area contributed by atoms with Crippen molar-refractivity contribution in [2.45, 2.75) is 25.7 Å². The van der Waals surface area contributed by atoms with Crippen LogP contribution in [0.2, 0.25) is 0 Å². The first-order valence-corrected chi connectivity index (χ1v) is 11.5. The van der Waals surface area contributed by atoms with Crippen LogP contribution in [0.4, 0.5) is 11.4 Å². The molecule has 0 radical (unpaired) electrons. The number of hydrogen-bond acceptors (Lipinski definition) is 5. The molecule has 1 heterocycles. The Hall–Kier alpha value is -2.82. The molecular formula is C21H27N4O5S+. The predicted molar refractivity (Wildman–Crippen MR) is 117 cm³/mol. The lowest BCUT2D eigenvalue weighted by Gasteiger charge is -2.31. The zero-order chi connectivity index (χ0) is 22.8. The summed E-state index contributed by atoms with van der Waals surface area (Å²) in [5, 5.41) is 14.2. The van der Waals surface area contributed by atoms with Crippen LogP contribution in [0.25, 0.3) is 0 Å². The predicted octanol–water partition coefficient (Wildman–Crippen LogP) is 1.05. The molecule has 0 bridgehead atoms. The first-order valence-electron chi connectivity index (χ1n) is 10.0. The van der Waals surface area contributed by atoms with Gasteiger partial charge in [0.1, 0.15) is 0 Å². The number of amides is 1. The van der Waals surface area contributed by atoms with Gasteiger partial charge < -0.3 is 10.2 Å². The number of anilines is 1. The minimum atomic E-state index is -3.98. The second-order valence-corrected chi connectivity index (χ2v) is 9.78. The number of nitrogens with one attached hydrogen (secondary N) is 2. The second-order valence-electron chi connectivity index (χ2n) is 7.88. The van der Waals surface area contributed by atoms with Crippen LogP contribution < -0.4 is 10.2 Å². The number of piperazine rings is 1. The van der Waals surface area contributed by atoms with E-state index in [-0.39, 0.29) is 30.4 Å². The van der Waals surface area contributed by atoms with Gasteiger partial charge in [-0.25, -0.2) is 8.42 Å². The Balaban J connectivity index is 1.62. The maximum atomic E-state index is 12.9. The summed E-state index contributed by atoms with van der Waals surface area (Å²) in [4.78, 5) is 23.7. The highest BCUT2D eigenvalue weighted by Crippen LogP contribution is 2.26. The van der Waals surface area contributed by atoms with Crippen molar-refractivity contribution in [1.29, 1.82) is 0 Å². The lowest BCUT2D eigenvalue weighted by Crippen LogP contribution is -3.15. The normalized spacial score (nSPS) is 15.6. The number of sulfonamides is 1. The molecule has 31 heavy (non-hydrogen) atoms. The fourth-order valence-electron chi connectivity index (χ4n) is 3.97. The Morgan fingerprint density at radius 3 is 2.29 bits per heavy atom. The highest BCUT2D eigenvalue weighted by atomic mass is 32.2. The maximum Gasteiger partial charge on any atom is 0.289 e. The molecule has 1 saturated heterocycles. The SMILES string of the molecule is Cc1cc(C)c(NC(=O)C[NH+]2CCN(S(=O)(=O)c3ccccc3[N+](=O)[O-])CC2)c(C)c1. The van der Waals surface area contributed by atoms with Gasteiger partial charge in [0.05, 0.1) is 31.1 Å². The third-order valence-electron chi connectivity index (χ3n) is 5.46. The van der Waals surface area contributed by atoms with Crippen molar-refractivity contribution in [3.05, 3.63) is 63.2 Å². The van der Waals surface area contributed by atoms with Gasteiger partial charge in [0.15, 0.2) is 11.4 Å². The molecule has 3 rings (SSSR count). The average Bonchev–Trinajstić information content (AvgIpc) is 2.71. The first kappa shape index (κ1) is 22.9. The topological polar surface area (TPSA) is 114 Å². The highest BCUT2D eigenvalue weighted by molar-refractivity contribution is 7.89. The fraction of sp³-hybridized carbons (Fsp3) is 0.381. The summed E-state index contributed by atoms with van der Waals surface area (Å²) >= 11 is 0. The smallest absolute Gasteiger partial charge is 0.289 e. The van der Waals surface area contributed by atoms with Crippen LogP contribution in [0.3, 0.4) is 0 Å². The molecule has 0 aliphatic carbocycles. The summed E-state index contributed by atoms with van der Waals surface area (Å²) in [6, 6.07) is 9.39. The van der Waals surface area contributed by atoms with Crippen LogP contribution in [0.1, 0.15) is 16.7 Å². The van der Waals surface area contributed by atoms with E-state index in [0.29, 0.717) is 13.1 Å². The Morgan fingerprint density at radius 2 is 1.71 bits per heavy atom. The molecule has 10 heteroatoms. The summed E-state index contributed by atoms with van der Waals surface area (Å²) in [6.45, 7) is 7.42. The standard InChI is InChI=1S/C21H26N4O5S/c1-15-12-16(2)21(17(3)13-15)22-20(26)14-23-8-10-24(11-9-23)31(29,30)19-7-5-4-6-18(19)25(27)28/h4-7,12-13H,8-11,14H2,1-3H3,(H,22,26)/p+1. The van der Waals surface area contributed by atoms with Gasteiger partial charge >= 0.3 is 0 Å². The quantitative estimate of drug-likeness (QED) is 0.508. The van der Waals surface area contributed by atoms with Crippen molar-refractivity contribution in [1.82, 2.24) is 4.31 Å². The molecule has 0 spiro atoms. The van der Waals surface area contributed by atoms with E-state index >= 15 is 0 Å². The maximum absolute atomic E-state index is 12.9. The molecule has 2 aromatic carbocycles. The van der Waals surface area contributed by atoms with Crippen molar-refractivity contribution in [3.63, 3.8) is 0 Å². The summed E-state index contributed by atoms with van der Waals surface area (Å²) in [7, 11) is -3.98. The number of hydrogen-bond donors (Lipinski definition) is 2. The van der Waals surface area contributed by atoms with Gasteiger partial charge in [0.25, 0.3) is 11.6 Å². The van der Waals surface area contributed by atoms with E-state index < -0.39 is 20.6 Å².